The third-order valence-electron chi connectivity index (χ3n) is 1.61. The molecule has 0 aliphatic carbocycles. The van der Waals surface area contributed by atoms with Crippen LogP contribution in [0.4, 0.5) is 4.39 Å². The molecule has 0 aliphatic heterocycles. The van der Waals surface area contributed by atoms with E-state index in [1.165, 1.54) is 6.07 Å². The van der Waals surface area contributed by atoms with E-state index in [1.54, 1.807) is 19.1 Å². The van der Waals surface area contributed by atoms with Crippen LogP contribution in [0.5, 0.6) is 0 Å². The molecule has 0 radical (unpaired) electrons. The van der Waals surface area contributed by atoms with Gasteiger partial charge in [-0.15, -0.1) is 0 Å². The Hall–Kier alpha value is -1.58. The van der Waals surface area contributed by atoms with Crippen LogP contribution in [0.2, 0.25) is 0 Å². The van der Waals surface area contributed by atoms with E-state index in [9.17, 15) is 4.39 Å². The van der Waals surface area contributed by atoms with Crippen molar-refractivity contribution in [2.75, 3.05) is 0 Å². The fourth-order valence-electron chi connectivity index (χ4n) is 0.827. The monoisotopic (exact) mass is 167 g/mol. The number of hydrazone groups is 1. The van der Waals surface area contributed by atoms with E-state index in [4.69, 9.17) is 11.6 Å². The molecule has 0 aromatic heterocycles. The number of amidine groups is 1. The van der Waals surface area contributed by atoms with Crippen molar-refractivity contribution in [1.82, 2.24) is 0 Å². The van der Waals surface area contributed by atoms with Crippen molar-refractivity contribution in [3.8, 4) is 0 Å². The van der Waals surface area contributed by atoms with E-state index >= 15 is 0 Å². The summed E-state index contributed by atoms with van der Waals surface area (Å²) in [5, 5.41) is 3.26. The molecule has 4 heteroatoms. The first-order chi connectivity index (χ1) is 5.65. The number of nitrogens with two attached hydrogens (primary N) is 2. The molecule has 1 aromatic rings. The predicted molar refractivity (Wildman–Crippen MR) is 46.0 cm³/mol. The van der Waals surface area contributed by atoms with Gasteiger partial charge in [0.1, 0.15) is 11.7 Å². The highest BCUT2D eigenvalue weighted by Gasteiger charge is 2.01. The van der Waals surface area contributed by atoms with E-state index in [0.29, 0.717) is 11.1 Å². The van der Waals surface area contributed by atoms with Gasteiger partial charge in [-0.05, 0) is 18.6 Å². The van der Waals surface area contributed by atoms with Gasteiger partial charge in [-0.3, -0.25) is 0 Å². The fraction of sp³-hybridized carbons (Fsp3) is 0.125. The van der Waals surface area contributed by atoms with Crippen molar-refractivity contribution in [2.24, 2.45) is 16.7 Å². The Morgan fingerprint density at radius 2 is 2.17 bits per heavy atom. The molecule has 0 heterocycles. The minimum atomic E-state index is -0.306. The molecule has 1 aromatic carbocycles. The van der Waals surface area contributed by atoms with Gasteiger partial charge in [0.05, 0.1) is 0 Å². The zero-order valence-electron chi connectivity index (χ0n) is 6.71. The van der Waals surface area contributed by atoms with Gasteiger partial charge < -0.3 is 11.6 Å². The van der Waals surface area contributed by atoms with E-state index in [1.807, 2.05) is 0 Å². The molecule has 0 amide bonds. The summed E-state index contributed by atoms with van der Waals surface area (Å²) >= 11 is 0. The number of aryl methyl sites for hydroxylation is 1. The van der Waals surface area contributed by atoms with Crippen molar-refractivity contribution in [2.45, 2.75) is 6.92 Å². The summed E-state index contributed by atoms with van der Waals surface area (Å²) in [6.07, 6.45) is 0. The maximum Gasteiger partial charge on any atom is 0.150 e. The van der Waals surface area contributed by atoms with Gasteiger partial charge in [-0.1, -0.05) is 12.1 Å². The van der Waals surface area contributed by atoms with Crippen LogP contribution in [0.15, 0.2) is 23.3 Å². The summed E-state index contributed by atoms with van der Waals surface area (Å²) in [7, 11) is 0. The molecular weight excluding hydrogens is 157 g/mol. The summed E-state index contributed by atoms with van der Waals surface area (Å²) in [4.78, 5) is 0. The third-order valence-corrected chi connectivity index (χ3v) is 1.61. The molecule has 0 spiro atoms. The Morgan fingerprint density at radius 1 is 1.50 bits per heavy atom. The van der Waals surface area contributed by atoms with Crippen LogP contribution in [0, 0.1) is 12.7 Å². The van der Waals surface area contributed by atoms with Gasteiger partial charge in [0.2, 0.25) is 0 Å². The lowest BCUT2D eigenvalue weighted by Gasteiger charge is -2.00. The van der Waals surface area contributed by atoms with Crippen molar-refractivity contribution in [3.63, 3.8) is 0 Å². The Morgan fingerprint density at radius 3 is 2.67 bits per heavy atom. The third kappa shape index (κ3) is 1.53. The maximum absolute atomic E-state index is 12.9. The molecule has 0 bridgehead atoms. The van der Waals surface area contributed by atoms with E-state index in [0.717, 1.165) is 0 Å². The highest BCUT2D eigenvalue weighted by Crippen LogP contribution is 2.08. The molecule has 12 heavy (non-hydrogen) atoms. The normalized spacial score (nSPS) is 11.7. The molecule has 0 aliphatic rings. The van der Waals surface area contributed by atoms with Crippen molar-refractivity contribution in [3.05, 3.63) is 35.1 Å². The number of hydrogen-bond acceptors (Lipinski definition) is 2. The zero-order chi connectivity index (χ0) is 9.14. The van der Waals surface area contributed by atoms with Crippen LogP contribution >= 0.6 is 0 Å². The van der Waals surface area contributed by atoms with Crippen LogP contribution in [0.25, 0.3) is 0 Å². The molecule has 0 unspecified atom stereocenters. The smallest absolute Gasteiger partial charge is 0.150 e. The summed E-state index contributed by atoms with van der Waals surface area (Å²) in [5.41, 5.74) is 6.44. The summed E-state index contributed by atoms with van der Waals surface area (Å²) in [6.45, 7) is 1.68. The van der Waals surface area contributed by atoms with E-state index in [2.05, 4.69) is 5.10 Å². The van der Waals surface area contributed by atoms with Gasteiger partial charge >= 0.3 is 0 Å². The second kappa shape index (κ2) is 3.21. The Bertz CT molecular complexity index is 320. The lowest BCUT2D eigenvalue weighted by Crippen LogP contribution is -2.15. The summed E-state index contributed by atoms with van der Waals surface area (Å²) in [6, 6.07) is 4.60. The molecule has 0 fully saturated rings. The first-order valence-corrected chi connectivity index (χ1v) is 3.45. The molecule has 0 saturated heterocycles. The average Bonchev–Trinajstić information content (AvgIpc) is 2.08. The second-order valence-corrected chi connectivity index (χ2v) is 2.48. The average molecular weight is 167 g/mol. The lowest BCUT2D eigenvalue weighted by molar-refractivity contribution is 0.618. The lowest BCUT2D eigenvalue weighted by atomic mass is 10.1. The Kier molecular flexibility index (Phi) is 2.28. The highest BCUT2D eigenvalue weighted by atomic mass is 19.1. The van der Waals surface area contributed by atoms with Gasteiger partial charge in [0.15, 0.2) is 0 Å². The first-order valence-electron chi connectivity index (χ1n) is 3.45. The topological polar surface area (TPSA) is 64.4 Å². The largest absolute Gasteiger partial charge is 0.382 e. The van der Waals surface area contributed by atoms with Crippen molar-refractivity contribution < 1.29 is 4.39 Å². The van der Waals surface area contributed by atoms with Crippen molar-refractivity contribution >= 4 is 5.84 Å². The molecule has 4 N–H and O–H groups in total. The predicted octanol–water partition coefficient (Wildman–Crippen LogP) is 0.713. The van der Waals surface area contributed by atoms with Crippen LogP contribution < -0.4 is 11.6 Å². The van der Waals surface area contributed by atoms with Gasteiger partial charge in [0.25, 0.3) is 0 Å². The standard InChI is InChI=1S/C8H10FN3/c1-5-2-3-6(4-7(5)9)8(10)12-11/h2-4H,11H2,1H3,(H2,10,12). The number of halogens is 1. The van der Waals surface area contributed by atoms with Crippen LogP contribution in [-0.4, -0.2) is 5.84 Å². The molecule has 64 valence electrons. The van der Waals surface area contributed by atoms with Gasteiger partial charge in [-0.2, -0.15) is 5.10 Å². The fourth-order valence-corrected chi connectivity index (χ4v) is 0.827. The Balaban J connectivity index is 3.13. The van der Waals surface area contributed by atoms with Gasteiger partial charge in [0, 0.05) is 5.56 Å². The molecule has 3 nitrogen and oxygen atoms in total. The van der Waals surface area contributed by atoms with Crippen LogP contribution in [0.3, 0.4) is 0 Å². The number of nitrogens with zero attached hydrogens (tertiary/aromatic N) is 1. The van der Waals surface area contributed by atoms with E-state index in [-0.39, 0.29) is 11.7 Å². The minimum absolute atomic E-state index is 0.133. The summed E-state index contributed by atoms with van der Waals surface area (Å²) in [5.74, 6) is 4.76. The number of rotatable bonds is 1. The zero-order valence-corrected chi connectivity index (χ0v) is 6.71. The number of benzene rings is 1. The highest BCUT2D eigenvalue weighted by molar-refractivity contribution is 5.97. The second-order valence-electron chi connectivity index (χ2n) is 2.48. The SMILES string of the molecule is Cc1ccc(/C(N)=N/N)cc1F. The molecule has 1 rings (SSSR count). The molecule has 0 atom stereocenters. The molecule has 0 saturated carbocycles. The maximum atomic E-state index is 12.9. The summed E-state index contributed by atoms with van der Waals surface area (Å²) < 4.78 is 12.9. The minimum Gasteiger partial charge on any atom is -0.382 e. The van der Waals surface area contributed by atoms with Crippen LogP contribution in [-0.2, 0) is 0 Å². The first kappa shape index (κ1) is 8.52. The molecular formula is C8H10FN3. The number of hydrogen-bond donors (Lipinski definition) is 2. The van der Waals surface area contributed by atoms with E-state index < -0.39 is 0 Å². The van der Waals surface area contributed by atoms with Gasteiger partial charge in [-0.25, -0.2) is 4.39 Å². The quantitative estimate of drug-likeness (QED) is 0.280. The van der Waals surface area contributed by atoms with Crippen molar-refractivity contribution in [1.29, 1.82) is 0 Å². The van der Waals surface area contributed by atoms with Crippen LogP contribution in [0.1, 0.15) is 11.1 Å². The Labute approximate surface area is 69.9 Å².